The van der Waals surface area contributed by atoms with E-state index in [0.29, 0.717) is 6.54 Å². The van der Waals surface area contributed by atoms with E-state index in [-0.39, 0.29) is 38.7 Å². The highest BCUT2D eigenvalue weighted by Gasteiger charge is 2.33. The Bertz CT molecular complexity index is 1420. The number of sulfonamides is 1. The van der Waals surface area contributed by atoms with Gasteiger partial charge in [0.15, 0.2) is 0 Å². The van der Waals surface area contributed by atoms with Crippen LogP contribution in [0.4, 0.5) is 10.1 Å². The van der Waals surface area contributed by atoms with Crippen LogP contribution in [0.3, 0.4) is 0 Å². The Labute approximate surface area is 238 Å². The van der Waals surface area contributed by atoms with E-state index in [0.717, 1.165) is 4.31 Å². The number of benzene rings is 3. The van der Waals surface area contributed by atoms with Crippen LogP contribution in [0.2, 0.25) is 10.0 Å². The van der Waals surface area contributed by atoms with E-state index in [1.807, 2.05) is 13.8 Å². The number of amides is 2. The lowest BCUT2D eigenvalue weighted by molar-refractivity contribution is -0.139. The topological polar surface area (TPSA) is 86.8 Å². The third-order valence-electron chi connectivity index (χ3n) is 5.95. The average Bonchev–Trinajstić information content (AvgIpc) is 2.91. The van der Waals surface area contributed by atoms with E-state index in [4.69, 9.17) is 23.2 Å². The predicted molar refractivity (Wildman–Crippen MR) is 152 cm³/mol. The molecule has 0 unspecified atom stereocenters. The Hall–Kier alpha value is -3.14. The van der Waals surface area contributed by atoms with Crippen molar-refractivity contribution >= 4 is 50.7 Å². The van der Waals surface area contributed by atoms with E-state index in [2.05, 4.69) is 5.32 Å². The van der Waals surface area contributed by atoms with Gasteiger partial charge in [-0.2, -0.15) is 0 Å². The molecule has 0 fully saturated rings. The summed E-state index contributed by atoms with van der Waals surface area (Å²) in [5.41, 5.74) is 0.283. The average molecular weight is 595 g/mol. The third kappa shape index (κ3) is 7.71. The lowest BCUT2D eigenvalue weighted by atomic mass is 10.1. The SMILES string of the molecule is CC(C)CNC(=O)[C@@H](C)N(Cc1ccccc1F)C(=O)CN(c1ccc(Cl)c(Cl)c1)S(=O)(=O)c1ccccc1. The Morgan fingerprint density at radius 2 is 1.56 bits per heavy atom. The summed E-state index contributed by atoms with van der Waals surface area (Å²) in [6.45, 7) is 4.83. The molecule has 0 aliphatic rings. The summed E-state index contributed by atoms with van der Waals surface area (Å²) in [6, 6.07) is 16.7. The molecule has 0 heterocycles. The molecule has 0 aliphatic heterocycles. The van der Waals surface area contributed by atoms with Gasteiger partial charge in [-0.05, 0) is 49.2 Å². The standard InChI is InChI=1S/C28H30Cl2FN3O4S/c1-19(2)16-32-28(36)20(3)33(17-21-9-7-8-12-26(21)31)27(35)18-34(22-13-14-24(29)25(30)15-22)39(37,38)23-10-5-4-6-11-23/h4-15,19-20H,16-18H2,1-3H3,(H,32,36)/t20-/m1/s1. The predicted octanol–water partition coefficient (Wildman–Crippen LogP) is 5.52. The van der Waals surface area contributed by atoms with Crippen molar-refractivity contribution in [2.24, 2.45) is 5.92 Å². The third-order valence-corrected chi connectivity index (χ3v) is 8.48. The first-order valence-electron chi connectivity index (χ1n) is 12.2. The van der Waals surface area contributed by atoms with Crippen LogP contribution in [0, 0.1) is 11.7 Å². The molecule has 0 aromatic heterocycles. The summed E-state index contributed by atoms with van der Waals surface area (Å²) in [5, 5.41) is 3.09. The number of halogens is 3. The molecule has 0 bridgehead atoms. The summed E-state index contributed by atoms with van der Waals surface area (Å²) in [5.74, 6) is -1.54. The second-order valence-corrected chi connectivity index (χ2v) is 12.0. The molecule has 3 aromatic carbocycles. The van der Waals surface area contributed by atoms with Gasteiger partial charge in [-0.3, -0.25) is 13.9 Å². The summed E-state index contributed by atoms with van der Waals surface area (Å²) >= 11 is 12.2. The highest BCUT2D eigenvalue weighted by atomic mass is 35.5. The number of rotatable bonds is 11. The molecular formula is C28H30Cl2FN3O4S. The maximum Gasteiger partial charge on any atom is 0.264 e. The fraction of sp³-hybridized carbons (Fsp3) is 0.286. The second kappa shape index (κ2) is 13.3. The molecule has 0 saturated carbocycles. The van der Waals surface area contributed by atoms with Crippen molar-refractivity contribution in [3.8, 4) is 0 Å². The number of hydrogen-bond donors (Lipinski definition) is 1. The van der Waals surface area contributed by atoms with Crippen LogP contribution in [0.25, 0.3) is 0 Å². The molecule has 0 spiro atoms. The second-order valence-electron chi connectivity index (χ2n) is 9.35. The fourth-order valence-electron chi connectivity index (χ4n) is 3.73. The minimum atomic E-state index is -4.25. The zero-order valence-electron chi connectivity index (χ0n) is 21.8. The molecule has 0 saturated heterocycles. The number of hydrogen-bond acceptors (Lipinski definition) is 4. The first kappa shape index (κ1) is 30.4. The van der Waals surface area contributed by atoms with Gasteiger partial charge in [-0.15, -0.1) is 0 Å². The van der Waals surface area contributed by atoms with Gasteiger partial charge in [0, 0.05) is 18.7 Å². The van der Waals surface area contributed by atoms with Gasteiger partial charge in [0.1, 0.15) is 18.4 Å². The molecule has 1 atom stereocenters. The molecule has 0 aliphatic carbocycles. The van der Waals surface area contributed by atoms with Crippen molar-refractivity contribution in [1.82, 2.24) is 10.2 Å². The maximum atomic E-state index is 14.6. The maximum absolute atomic E-state index is 14.6. The number of nitrogens with zero attached hydrogens (tertiary/aromatic N) is 2. The first-order valence-corrected chi connectivity index (χ1v) is 14.4. The lowest BCUT2D eigenvalue weighted by Crippen LogP contribution is -2.51. The molecule has 3 rings (SSSR count). The van der Waals surface area contributed by atoms with E-state index in [9.17, 15) is 22.4 Å². The highest BCUT2D eigenvalue weighted by Crippen LogP contribution is 2.31. The van der Waals surface area contributed by atoms with Crippen molar-refractivity contribution in [1.29, 1.82) is 0 Å². The molecule has 7 nitrogen and oxygen atoms in total. The molecule has 39 heavy (non-hydrogen) atoms. The van der Waals surface area contributed by atoms with Gasteiger partial charge in [0.05, 0.1) is 20.6 Å². The van der Waals surface area contributed by atoms with Crippen molar-refractivity contribution in [2.75, 3.05) is 17.4 Å². The van der Waals surface area contributed by atoms with Crippen LogP contribution in [-0.2, 0) is 26.2 Å². The Morgan fingerprint density at radius 1 is 0.923 bits per heavy atom. The van der Waals surface area contributed by atoms with Gasteiger partial charge in [0.2, 0.25) is 11.8 Å². The number of nitrogens with one attached hydrogen (secondary N) is 1. The van der Waals surface area contributed by atoms with E-state index in [1.165, 1.54) is 60.4 Å². The van der Waals surface area contributed by atoms with Gasteiger partial charge in [-0.1, -0.05) is 73.4 Å². The molecule has 208 valence electrons. The molecule has 0 radical (unpaired) electrons. The Kier molecular flexibility index (Phi) is 10.4. The summed E-state index contributed by atoms with van der Waals surface area (Å²) in [4.78, 5) is 27.9. The first-order chi connectivity index (χ1) is 18.4. The summed E-state index contributed by atoms with van der Waals surface area (Å²) in [7, 11) is -4.25. The van der Waals surface area contributed by atoms with Crippen LogP contribution in [0.1, 0.15) is 26.3 Å². The van der Waals surface area contributed by atoms with Crippen molar-refractivity contribution < 1.29 is 22.4 Å². The summed E-state index contributed by atoms with van der Waals surface area (Å²) < 4.78 is 42.9. The molecule has 1 N–H and O–H groups in total. The Morgan fingerprint density at radius 3 is 2.18 bits per heavy atom. The van der Waals surface area contributed by atoms with Crippen LogP contribution in [-0.4, -0.2) is 44.3 Å². The number of carbonyl (C=O) groups is 2. The van der Waals surface area contributed by atoms with Gasteiger partial charge < -0.3 is 10.2 Å². The van der Waals surface area contributed by atoms with Gasteiger partial charge in [0.25, 0.3) is 10.0 Å². The molecular weight excluding hydrogens is 564 g/mol. The van der Waals surface area contributed by atoms with E-state index >= 15 is 0 Å². The minimum Gasteiger partial charge on any atom is -0.354 e. The van der Waals surface area contributed by atoms with Crippen LogP contribution < -0.4 is 9.62 Å². The zero-order valence-corrected chi connectivity index (χ0v) is 24.1. The highest BCUT2D eigenvalue weighted by molar-refractivity contribution is 7.92. The zero-order chi connectivity index (χ0) is 28.7. The van der Waals surface area contributed by atoms with Gasteiger partial charge >= 0.3 is 0 Å². The smallest absolute Gasteiger partial charge is 0.264 e. The largest absolute Gasteiger partial charge is 0.354 e. The van der Waals surface area contributed by atoms with Crippen molar-refractivity contribution in [3.63, 3.8) is 0 Å². The lowest BCUT2D eigenvalue weighted by Gasteiger charge is -2.32. The van der Waals surface area contributed by atoms with Gasteiger partial charge in [-0.25, -0.2) is 12.8 Å². The molecule has 3 aromatic rings. The normalized spacial score (nSPS) is 12.2. The minimum absolute atomic E-state index is 0.0488. The van der Waals surface area contributed by atoms with E-state index in [1.54, 1.807) is 24.3 Å². The number of carbonyl (C=O) groups excluding carboxylic acids is 2. The fourth-order valence-corrected chi connectivity index (χ4v) is 5.45. The van der Waals surface area contributed by atoms with E-state index < -0.39 is 40.2 Å². The quantitative estimate of drug-likeness (QED) is 0.317. The number of anilines is 1. The summed E-state index contributed by atoms with van der Waals surface area (Å²) in [6.07, 6.45) is 0. The molecule has 11 heteroatoms. The van der Waals surface area contributed by atoms with Crippen molar-refractivity contribution in [3.05, 3.63) is 94.2 Å². The molecule has 2 amide bonds. The monoisotopic (exact) mass is 593 g/mol. The van der Waals surface area contributed by atoms with Crippen molar-refractivity contribution in [2.45, 2.75) is 38.3 Å². The van der Waals surface area contributed by atoms with Crippen LogP contribution in [0.5, 0.6) is 0 Å². The van der Waals surface area contributed by atoms with Crippen LogP contribution in [0.15, 0.2) is 77.7 Å². The Balaban J connectivity index is 2.03. The van der Waals surface area contributed by atoms with Crippen LogP contribution >= 0.6 is 23.2 Å².